The van der Waals surface area contributed by atoms with Gasteiger partial charge in [0.1, 0.15) is 0 Å². The lowest BCUT2D eigenvalue weighted by molar-refractivity contribution is 0.335. The normalized spacial score (nSPS) is 23.4. The molecule has 2 unspecified atom stereocenters. The van der Waals surface area contributed by atoms with E-state index >= 15 is 0 Å². The van der Waals surface area contributed by atoms with Gasteiger partial charge in [-0.25, -0.2) is 9.97 Å². The Hall–Kier alpha value is -1.82. The fourth-order valence-corrected chi connectivity index (χ4v) is 2.49. The van der Waals surface area contributed by atoms with Crippen LogP contribution in [0, 0.1) is 0 Å². The first-order chi connectivity index (χ1) is 8.88. The second-order valence-corrected chi connectivity index (χ2v) is 4.46. The van der Waals surface area contributed by atoms with E-state index in [1.807, 2.05) is 7.05 Å². The Kier molecular flexibility index (Phi) is 3.02. The molecule has 0 radical (unpaired) electrons. The lowest BCUT2D eigenvalue weighted by atomic mass is 10.0. The van der Waals surface area contributed by atoms with Gasteiger partial charge in [0.05, 0.1) is 5.92 Å². The van der Waals surface area contributed by atoms with Crippen molar-refractivity contribution in [3.8, 4) is 11.6 Å². The van der Waals surface area contributed by atoms with Crippen LogP contribution in [0.15, 0.2) is 23.0 Å². The maximum absolute atomic E-state index is 5.35. The third-order valence-corrected chi connectivity index (χ3v) is 3.41. The molecule has 0 aliphatic heterocycles. The summed E-state index contributed by atoms with van der Waals surface area (Å²) in [4.78, 5) is 12.7. The van der Waals surface area contributed by atoms with Crippen LogP contribution in [0.25, 0.3) is 11.6 Å². The quantitative estimate of drug-likeness (QED) is 0.880. The molecule has 1 aliphatic rings. The van der Waals surface area contributed by atoms with Crippen molar-refractivity contribution in [3.05, 3.63) is 24.4 Å². The predicted molar refractivity (Wildman–Crippen MR) is 64.8 cm³/mol. The molecule has 1 fully saturated rings. The van der Waals surface area contributed by atoms with E-state index in [4.69, 9.17) is 4.52 Å². The van der Waals surface area contributed by atoms with Crippen LogP contribution < -0.4 is 5.32 Å². The lowest BCUT2D eigenvalue weighted by Gasteiger charge is -2.14. The molecular weight excluding hydrogens is 230 g/mol. The van der Waals surface area contributed by atoms with Gasteiger partial charge >= 0.3 is 0 Å². The Morgan fingerprint density at radius 3 is 2.83 bits per heavy atom. The van der Waals surface area contributed by atoms with Gasteiger partial charge in [0, 0.05) is 18.4 Å². The van der Waals surface area contributed by atoms with Gasteiger partial charge < -0.3 is 9.84 Å². The van der Waals surface area contributed by atoms with E-state index < -0.39 is 0 Å². The number of nitrogens with one attached hydrogen (secondary N) is 1. The van der Waals surface area contributed by atoms with E-state index in [1.165, 1.54) is 6.42 Å². The molecule has 0 amide bonds. The molecule has 2 heterocycles. The van der Waals surface area contributed by atoms with E-state index in [-0.39, 0.29) is 0 Å². The number of rotatable bonds is 3. The molecule has 0 aromatic carbocycles. The molecule has 3 rings (SSSR count). The van der Waals surface area contributed by atoms with Crippen molar-refractivity contribution in [2.45, 2.75) is 31.2 Å². The molecular formula is C12H15N5O. The highest BCUT2D eigenvalue weighted by molar-refractivity contribution is 5.40. The summed E-state index contributed by atoms with van der Waals surface area (Å²) in [6, 6.07) is 2.19. The van der Waals surface area contributed by atoms with Crippen LogP contribution in [-0.4, -0.2) is 33.2 Å². The maximum Gasteiger partial charge on any atom is 0.240 e. The van der Waals surface area contributed by atoms with Crippen LogP contribution in [0.4, 0.5) is 0 Å². The summed E-state index contributed by atoms with van der Waals surface area (Å²) in [5, 5.41) is 7.26. The van der Waals surface area contributed by atoms with Gasteiger partial charge in [-0.05, 0) is 26.0 Å². The van der Waals surface area contributed by atoms with Crippen LogP contribution >= 0.6 is 0 Å². The molecule has 94 valence electrons. The second-order valence-electron chi connectivity index (χ2n) is 4.46. The summed E-state index contributed by atoms with van der Waals surface area (Å²) in [6.45, 7) is 0. The van der Waals surface area contributed by atoms with E-state index in [0.717, 1.165) is 12.8 Å². The number of hydrogen-bond acceptors (Lipinski definition) is 6. The van der Waals surface area contributed by atoms with Gasteiger partial charge in [0.2, 0.25) is 17.5 Å². The Morgan fingerprint density at radius 2 is 2.06 bits per heavy atom. The highest BCUT2D eigenvalue weighted by Gasteiger charge is 2.32. The van der Waals surface area contributed by atoms with Crippen molar-refractivity contribution >= 4 is 0 Å². The molecule has 1 saturated carbocycles. The summed E-state index contributed by atoms with van der Waals surface area (Å²) in [5.74, 6) is 1.97. The van der Waals surface area contributed by atoms with Crippen LogP contribution in [0.5, 0.6) is 0 Å². The van der Waals surface area contributed by atoms with Crippen molar-refractivity contribution < 1.29 is 4.52 Å². The Morgan fingerprint density at radius 1 is 1.22 bits per heavy atom. The van der Waals surface area contributed by atoms with Crippen LogP contribution in [0.1, 0.15) is 31.1 Å². The summed E-state index contributed by atoms with van der Waals surface area (Å²) < 4.78 is 5.35. The van der Waals surface area contributed by atoms with Crippen molar-refractivity contribution in [2.24, 2.45) is 0 Å². The minimum atomic E-state index is 0.306. The molecule has 18 heavy (non-hydrogen) atoms. The van der Waals surface area contributed by atoms with Gasteiger partial charge in [-0.3, -0.25) is 0 Å². The minimum absolute atomic E-state index is 0.306. The van der Waals surface area contributed by atoms with Gasteiger partial charge in [0.15, 0.2) is 0 Å². The summed E-state index contributed by atoms with van der Waals surface area (Å²) in [6.07, 6.45) is 6.77. The highest BCUT2D eigenvalue weighted by atomic mass is 16.5. The fraction of sp³-hybridized carbons (Fsp3) is 0.500. The Bertz CT molecular complexity index is 512. The van der Waals surface area contributed by atoms with Crippen LogP contribution in [0.3, 0.4) is 0 Å². The van der Waals surface area contributed by atoms with Crippen molar-refractivity contribution in [2.75, 3.05) is 7.05 Å². The number of hydrogen-bond donors (Lipinski definition) is 1. The summed E-state index contributed by atoms with van der Waals surface area (Å²) in [5.41, 5.74) is 0. The first-order valence-corrected chi connectivity index (χ1v) is 6.16. The molecule has 0 bridgehead atoms. The SMILES string of the molecule is CNC1CCCC1c1nc(-c2ncccn2)no1. The molecule has 0 spiro atoms. The third kappa shape index (κ3) is 1.99. The molecule has 2 aromatic rings. The summed E-state index contributed by atoms with van der Waals surface area (Å²) in [7, 11) is 1.97. The fourth-order valence-electron chi connectivity index (χ4n) is 2.49. The van der Waals surface area contributed by atoms with Crippen molar-refractivity contribution in [1.29, 1.82) is 0 Å². The van der Waals surface area contributed by atoms with Crippen LogP contribution in [0.2, 0.25) is 0 Å². The monoisotopic (exact) mass is 245 g/mol. The lowest BCUT2D eigenvalue weighted by Crippen LogP contribution is -2.27. The van der Waals surface area contributed by atoms with Gasteiger partial charge in [-0.15, -0.1) is 0 Å². The number of likely N-dealkylation sites (N-methyl/N-ethyl adjacent to an activating group) is 1. The zero-order chi connectivity index (χ0) is 12.4. The molecule has 0 saturated heterocycles. The topological polar surface area (TPSA) is 76.7 Å². The predicted octanol–water partition coefficient (Wildman–Crippen LogP) is 1.38. The Balaban J connectivity index is 1.86. The number of aromatic nitrogens is 4. The maximum atomic E-state index is 5.35. The zero-order valence-corrected chi connectivity index (χ0v) is 10.2. The highest BCUT2D eigenvalue weighted by Crippen LogP contribution is 2.33. The average molecular weight is 245 g/mol. The Labute approximate surface area is 105 Å². The molecule has 6 heteroatoms. The van der Waals surface area contributed by atoms with E-state index in [9.17, 15) is 0 Å². The van der Waals surface area contributed by atoms with E-state index in [1.54, 1.807) is 18.5 Å². The molecule has 6 nitrogen and oxygen atoms in total. The minimum Gasteiger partial charge on any atom is -0.338 e. The van der Waals surface area contributed by atoms with Crippen molar-refractivity contribution in [3.63, 3.8) is 0 Å². The average Bonchev–Trinajstić information content (AvgIpc) is 3.08. The standard InChI is InChI=1S/C12H15N5O/c1-13-9-5-2-4-8(9)12-16-11(17-18-12)10-14-6-3-7-15-10/h3,6-9,13H,2,4-5H2,1H3. The van der Waals surface area contributed by atoms with Gasteiger partial charge in [0.25, 0.3) is 0 Å². The second kappa shape index (κ2) is 4.81. The zero-order valence-electron chi connectivity index (χ0n) is 10.2. The molecule has 1 aliphatic carbocycles. The van der Waals surface area contributed by atoms with Gasteiger partial charge in [-0.2, -0.15) is 4.98 Å². The third-order valence-electron chi connectivity index (χ3n) is 3.41. The van der Waals surface area contributed by atoms with E-state index in [2.05, 4.69) is 25.4 Å². The van der Waals surface area contributed by atoms with Crippen molar-refractivity contribution in [1.82, 2.24) is 25.4 Å². The summed E-state index contributed by atoms with van der Waals surface area (Å²) >= 11 is 0. The number of nitrogens with zero attached hydrogens (tertiary/aromatic N) is 4. The van der Waals surface area contributed by atoms with Crippen LogP contribution in [-0.2, 0) is 0 Å². The largest absolute Gasteiger partial charge is 0.338 e. The van der Waals surface area contributed by atoms with Gasteiger partial charge in [-0.1, -0.05) is 11.6 Å². The molecule has 1 N–H and O–H groups in total. The molecule has 2 aromatic heterocycles. The smallest absolute Gasteiger partial charge is 0.240 e. The molecule has 2 atom stereocenters. The first-order valence-electron chi connectivity index (χ1n) is 6.16. The first kappa shape index (κ1) is 11.3. The van der Waals surface area contributed by atoms with E-state index in [0.29, 0.717) is 29.5 Å².